The van der Waals surface area contributed by atoms with Crippen LogP contribution in [0.3, 0.4) is 0 Å². The summed E-state index contributed by atoms with van der Waals surface area (Å²) in [6.45, 7) is 13.8. The third-order valence-electron chi connectivity index (χ3n) is 4.78. The van der Waals surface area contributed by atoms with Gasteiger partial charge in [0.2, 0.25) is 0 Å². The van der Waals surface area contributed by atoms with Gasteiger partial charge in [0.15, 0.2) is 0 Å². The predicted octanol–water partition coefficient (Wildman–Crippen LogP) is 6.56. The van der Waals surface area contributed by atoms with Crippen LogP contribution in [0.25, 0.3) is 5.70 Å². The molecule has 0 aromatic heterocycles. The van der Waals surface area contributed by atoms with E-state index in [2.05, 4.69) is 39.0 Å². The first kappa shape index (κ1) is 26.5. The average molecular weight is 475 g/mol. The van der Waals surface area contributed by atoms with Crippen molar-refractivity contribution in [2.75, 3.05) is 13.1 Å². The Kier molecular flexibility index (Phi) is 9.54. The number of hydrogen-bond donors (Lipinski definition) is 0. The smallest absolute Gasteiger partial charge is 0.366 e. The Balaban J connectivity index is 2.20. The lowest BCUT2D eigenvalue weighted by Crippen LogP contribution is -2.28. The van der Waals surface area contributed by atoms with E-state index >= 15 is 0 Å². The molecule has 0 fully saturated rings. The zero-order chi connectivity index (χ0) is 24.6. The quantitative estimate of drug-likeness (QED) is 0.255. The van der Waals surface area contributed by atoms with Crippen LogP contribution in [0, 0.1) is 11.8 Å². The van der Waals surface area contributed by atoms with Gasteiger partial charge in [-0.25, -0.2) is 0 Å². The SMILES string of the molecule is C=C(c1cccc(C#CC2N=C(C)SC=C2C)c1)N(CCC)C/C(C)=N/N=C(\C)C(F)(F)F. The number of hydrogen-bond acceptors (Lipinski definition) is 5. The summed E-state index contributed by atoms with van der Waals surface area (Å²) >= 11 is 1.61. The number of halogens is 3. The summed E-state index contributed by atoms with van der Waals surface area (Å²) in [6, 6.07) is 7.61. The van der Waals surface area contributed by atoms with Crippen LogP contribution in [0.5, 0.6) is 0 Å². The molecule has 0 bridgehead atoms. The van der Waals surface area contributed by atoms with Crippen molar-refractivity contribution in [2.45, 2.75) is 53.3 Å². The molecule has 0 radical (unpaired) electrons. The molecule has 1 atom stereocenters. The van der Waals surface area contributed by atoms with Gasteiger partial charge in [-0.15, -0.1) is 0 Å². The van der Waals surface area contributed by atoms with Crippen LogP contribution in [0.2, 0.25) is 0 Å². The van der Waals surface area contributed by atoms with Gasteiger partial charge in [-0.1, -0.05) is 49.2 Å². The van der Waals surface area contributed by atoms with E-state index in [1.165, 1.54) is 0 Å². The molecule has 33 heavy (non-hydrogen) atoms. The zero-order valence-corrected chi connectivity index (χ0v) is 20.4. The van der Waals surface area contributed by atoms with Crippen molar-refractivity contribution in [2.24, 2.45) is 15.2 Å². The summed E-state index contributed by atoms with van der Waals surface area (Å²) in [6.07, 6.45) is -3.63. The first-order chi connectivity index (χ1) is 15.5. The summed E-state index contributed by atoms with van der Waals surface area (Å²) in [5, 5.41) is 10.1. The topological polar surface area (TPSA) is 40.3 Å². The van der Waals surface area contributed by atoms with Gasteiger partial charge in [0.05, 0.1) is 17.3 Å². The van der Waals surface area contributed by atoms with Gasteiger partial charge in [-0.3, -0.25) is 4.99 Å². The fourth-order valence-electron chi connectivity index (χ4n) is 2.92. The summed E-state index contributed by atoms with van der Waals surface area (Å²) in [5.41, 5.74) is 3.10. The molecule has 1 aromatic carbocycles. The van der Waals surface area contributed by atoms with Crippen LogP contribution in [-0.2, 0) is 0 Å². The Morgan fingerprint density at radius 1 is 1.24 bits per heavy atom. The number of nitrogens with zero attached hydrogens (tertiary/aromatic N) is 4. The fraction of sp³-hybridized carbons (Fsp3) is 0.400. The highest BCUT2D eigenvalue weighted by atomic mass is 32.2. The van der Waals surface area contributed by atoms with Gasteiger partial charge >= 0.3 is 6.18 Å². The minimum atomic E-state index is -4.48. The van der Waals surface area contributed by atoms with Crippen molar-refractivity contribution in [3.05, 3.63) is 53.0 Å². The van der Waals surface area contributed by atoms with E-state index in [0.29, 0.717) is 18.8 Å². The summed E-state index contributed by atoms with van der Waals surface area (Å²) < 4.78 is 37.9. The van der Waals surface area contributed by atoms with E-state index in [4.69, 9.17) is 0 Å². The number of benzene rings is 1. The molecule has 0 aliphatic carbocycles. The van der Waals surface area contributed by atoms with Crippen LogP contribution in [0.4, 0.5) is 13.2 Å². The van der Waals surface area contributed by atoms with Crippen LogP contribution >= 0.6 is 11.8 Å². The van der Waals surface area contributed by atoms with Crippen molar-refractivity contribution in [1.82, 2.24) is 4.90 Å². The van der Waals surface area contributed by atoms with Gasteiger partial charge in [0.1, 0.15) is 11.8 Å². The molecule has 0 saturated carbocycles. The van der Waals surface area contributed by atoms with Gasteiger partial charge in [0.25, 0.3) is 0 Å². The molecule has 0 spiro atoms. The van der Waals surface area contributed by atoms with E-state index in [1.54, 1.807) is 18.7 Å². The van der Waals surface area contributed by atoms with Gasteiger partial charge in [0, 0.05) is 17.8 Å². The van der Waals surface area contributed by atoms with Gasteiger partial charge in [-0.2, -0.15) is 23.4 Å². The minimum absolute atomic E-state index is 0.144. The highest BCUT2D eigenvalue weighted by Crippen LogP contribution is 2.22. The maximum absolute atomic E-state index is 12.6. The lowest BCUT2D eigenvalue weighted by atomic mass is 10.1. The first-order valence-corrected chi connectivity index (χ1v) is 11.5. The highest BCUT2D eigenvalue weighted by Gasteiger charge is 2.32. The lowest BCUT2D eigenvalue weighted by molar-refractivity contribution is -0.0593. The third-order valence-corrected chi connectivity index (χ3v) is 5.72. The van der Waals surface area contributed by atoms with Crippen LogP contribution in [0.15, 0.2) is 57.0 Å². The van der Waals surface area contributed by atoms with E-state index in [1.807, 2.05) is 49.9 Å². The molecule has 0 saturated heterocycles. The number of rotatable bonds is 7. The number of aliphatic imine (C=N–C) groups is 1. The summed E-state index contributed by atoms with van der Waals surface area (Å²) in [4.78, 5) is 6.57. The lowest BCUT2D eigenvalue weighted by Gasteiger charge is -2.26. The molecule has 0 amide bonds. The summed E-state index contributed by atoms with van der Waals surface area (Å²) in [7, 11) is 0. The molecular weight excluding hydrogens is 445 g/mol. The van der Waals surface area contributed by atoms with Crippen molar-refractivity contribution >= 4 is 33.9 Å². The molecule has 176 valence electrons. The summed E-state index contributed by atoms with van der Waals surface area (Å²) in [5.74, 6) is 6.43. The van der Waals surface area contributed by atoms with Crippen LogP contribution in [0.1, 0.15) is 52.2 Å². The largest absolute Gasteiger partial charge is 0.431 e. The molecule has 0 N–H and O–H groups in total. The Morgan fingerprint density at radius 3 is 2.64 bits per heavy atom. The van der Waals surface area contributed by atoms with Crippen LogP contribution < -0.4 is 0 Å². The van der Waals surface area contributed by atoms with E-state index in [9.17, 15) is 13.2 Å². The molecule has 2 rings (SSSR count). The van der Waals surface area contributed by atoms with Crippen molar-refractivity contribution in [3.63, 3.8) is 0 Å². The molecule has 1 aliphatic rings. The maximum Gasteiger partial charge on any atom is 0.431 e. The normalized spacial score (nSPS) is 17.0. The zero-order valence-electron chi connectivity index (χ0n) is 19.6. The Bertz CT molecular complexity index is 1060. The molecule has 1 heterocycles. The molecule has 1 unspecified atom stereocenters. The minimum Gasteiger partial charge on any atom is -0.366 e. The fourth-order valence-corrected chi connectivity index (χ4v) is 3.57. The van der Waals surface area contributed by atoms with Crippen molar-refractivity contribution in [1.29, 1.82) is 0 Å². The number of thioether (sulfide) groups is 1. The third kappa shape index (κ3) is 8.25. The average Bonchev–Trinajstić information content (AvgIpc) is 2.76. The monoisotopic (exact) mass is 474 g/mol. The maximum atomic E-state index is 12.6. The second-order valence-corrected chi connectivity index (χ2v) is 8.83. The van der Waals surface area contributed by atoms with E-state index in [0.717, 1.165) is 40.8 Å². The van der Waals surface area contributed by atoms with E-state index < -0.39 is 11.9 Å². The molecule has 1 aliphatic heterocycles. The van der Waals surface area contributed by atoms with E-state index in [-0.39, 0.29) is 6.04 Å². The van der Waals surface area contributed by atoms with Gasteiger partial charge < -0.3 is 4.90 Å². The Hall–Kier alpha value is -2.79. The van der Waals surface area contributed by atoms with Gasteiger partial charge in [-0.05, 0) is 62.8 Å². The molecule has 4 nitrogen and oxygen atoms in total. The highest BCUT2D eigenvalue weighted by molar-refractivity contribution is 8.16. The molecule has 8 heteroatoms. The van der Waals surface area contributed by atoms with Crippen molar-refractivity contribution in [3.8, 4) is 11.8 Å². The van der Waals surface area contributed by atoms with Crippen LogP contribution in [-0.4, -0.2) is 46.7 Å². The first-order valence-electron chi connectivity index (χ1n) is 10.6. The number of alkyl halides is 3. The second kappa shape index (κ2) is 11.9. The van der Waals surface area contributed by atoms with Crippen molar-refractivity contribution < 1.29 is 13.2 Å². The molecule has 1 aromatic rings. The Labute approximate surface area is 198 Å². The standard InChI is InChI=1S/C25H29F3N4S/c1-7-13-32(15-18(3)30-31-20(5)25(26,27)28)19(4)23-10-8-9-22(14-23)11-12-24-17(2)16-33-21(6)29-24/h8-10,14,16,24H,4,7,13,15H2,1-3,5-6H3/b30-18+,31-20+. The molecular formula is C25H29F3N4S. The Morgan fingerprint density at radius 2 is 1.97 bits per heavy atom. The predicted molar refractivity (Wildman–Crippen MR) is 135 cm³/mol. The second-order valence-electron chi connectivity index (χ2n) is 7.77.